The molecule has 350 valence electrons. The smallest absolute Gasteiger partial charge is 0.249 e. The topological polar surface area (TPSA) is 110 Å². The van der Waals surface area contributed by atoms with E-state index in [1.165, 1.54) is 199 Å². The van der Waals surface area contributed by atoms with Crippen molar-refractivity contribution in [2.75, 3.05) is 6.61 Å². The highest BCUT2D eigenvalue weighted by molar-refractivity contribution is 5.80. The van der Waals surface area contributed by atoms with E-state index in [2.05, 4.69) is 43.5 Å². The van der Waals surface area contributed by atoms with Crippen LogP contribution < -0.4 is 5.32 Å². The molecular formula is C53H103NO5. The highest BCUT2D eigenvalue weighted by Gasteiger charge is 2.28. The first-order chi connectivity index (χ1) is 29.0. The van der Waals surface area contributed by atoms with Crippen LogP contribution in [0.4, 0.5) is 0 Å². The molecule has 4 unspecified atom stereocenters. The molecule has 0 aliphatic carbocycles. The lowest BCUT2D eigenvalue weighted by molar-refractivity contribution is -0.132. The molecule has 0 aromatic heterocycles. The summed E-state index contributed by atoms with van der Waals surface area (Å²) in [6.45, 7) is 3.92. The first-order valence-electron chi connectivity index (χ1n) is 26.2. The van der Waals surface area contributed by atoms with Crippen molar-refractivity contribution in [3.63, 3.8) is 0 Å². The summed E-state index contributed by atoms with van der Waals surface area (Å²) in [6, 6.07) is -1.00. The number of allylic oxidation sites excluding steroid dienone is 4. The summed E-state index contributed by atoms with van der Waals surface area (Å²) in [6.07, 6.45) is 57.2. The fraction of sp³-hybridized carbons (Fsp3) is 0.906. The summed E-state index contributed by atoms with van der Waals surface area (Å²) in [5, 5.41) is 43.5. The van der Waals surface area contributed by atoms with Gasteiger partial charge in [0.05, 0.1) is 18.8 Å². The van der Waals surface area contributed by atoms with Crippen LogP contribution in [0.1, 0.15) is 277 Å². The molecule has 6 heteroatoms. The van der Waals surface area contributed by atoms with E-state index in [-0.39, 0.29) is 0 Å². The minimum absolute atomic E-state index is 0.364. The summed E-state index contributed by atoms with van der Waals surface area (Å²) >= 11 is 0. The zero-order valence-corrected chi connectivity index (χ0v) is 39.5. The number of aliphatic hydroxyl groups is 4. The third kappa shape index (κ3) is 41.9. The first kappa shape index (κ1) is 57.8. The quantitative estimate of drug-likeness (QED) is 0.0310. The lowest BCUT2D eigenvalue weighted by Gasteiger charge is -2.27. The third-order valence-electron chi connectivity index (χ3n) is 12.4. The number of amides is 1. The second-order valence-corrected chi connectivity index (χ2v) is 18.2. The Balaban J connectivity index is 3.47. The molecule has 0 rings (SSSR count). The van der Waals surface area contributed by atoms with Crippen molar-refractivity contribution < 1.29 is 25.2 Å². The van der Waals surface area contributed by atoms with Crippen molar-refractivity contribution >= 4 is 5.91 Å². The van der Waals surface area contributed by atoms with Gasteiger partial charge >= 0.3 is 0 Å². The Morgan fingerprint density at radius 3 is 1.08 bits per heavy atom. The lowest BCUT2D eigenvalue weighted by atomic mass is 10.00. The van der Waals surface area contributed by atoms with E-state index < -0.39 is 36.9 Å². The van der Waals surface area contributed by atoms with E-state index in [0.717, 1.165) is 44.9 Å². The van der Waals surface area contributed by atoms with E-state index in [4.69, 9.17) is 0 Å². The normalized spacial score (nSPS) is 14.1. The Hall–Kier alpha value is -1.21. The minimum Gasteiger partial charge on any atom is -0.394 e. The molecular weight excluding hydrogens is 731 g/mol. The van der Waals surface area contributed by atoms with Gasteiger partial charge in [0, 0.05) is 0 Å². The van der Waals surface area contributed by atoms with E-state index in [0.29, 0.717) is 19.3 Å². The van der Waals surface area contributed by atoms with Crippen LogP contribution in [0.15, 0.2) is 24.3 Å². The lowest BCUT2D eigenvalue weighted by Crippen LogP contribution is -2.53. The van der Waals surface area contributed by atoms with Crippen LogP contribution >= 0.6 is 0 Å². The number of hydrogen-bond donors (Lipinski definition) is 5. The Morgan fingerprint density at radius 1 is 0.424 bits per heavy atom. The molecule has 0 aromatic carbocycles. The number of carbonyl (C=O) groups excluding carboxylic acids is 1. The molecule has 4 atom stereocenters. The van der Waals surface area contributed by atoms with Gasteiger partial charge in [0.1, 0.15) is 12.2 Å². The molecule has 6 nitrogen and oxygen atoms in total. The molecule has 0 spiro atoms. The van der Waals surface area contributed by atoms with E-state index in [1.54, 1.807) is 0 Å². The van der Waals surface area contributed by atoms with Gasteiger partial charge in [-0.1, -0.05) is 256 Å². The molecule has 0 saturated heterocycles. The van der Waals surface area contributed by atoms with Gasteiger partial charge < -0.3 is 25.7 Å². The predicted molar refractivity (Wildman–Crippen MR) is 256 cm³/mol. The van der Waals surface area contributed by atoms with Crippen LogP contribution in [0.3, 0.4) is 0 Å². The summed E-state index contributed by atoms with van der Waals surface area (Å²) in [4.78, 5) is 12.5. The molecule has 59 heavy (non-hydrogen) atoms. The number of rotatable bonds is 48. The van der Waals surface area contributed by atoms with Crippen molar-refractivity contribution in [1.29, 1.82) is 0 Å². The van der Waals surface area contributed by atoms with E-state index >= 15 is 0 Å². The van der Waals surface area contributed by atoms with E-state index in [9.17, 15) is 25.2 Å². The summed E-state index contributed by atoms with van der Waals surface area (Å²) in [5.74, 6) is -0.596. The molecule has 5 N–H and O–H groups in total. The average molecular weight is 834 g/mol. The average Bonchev–Trinajstić information content (AvgIpc) is 3.24. The first-order valence-corrected chi connectivity index (χ1v) is 26.2. The van der Waals surface area contributed by atoms with E-state index in [1.807, 2.05) is 0 Å². The Bertz CT molecular complexity index is 893. The minimum atomic E-state index is -1.28. The second-order valence-electron chi connectivity index (χ2n) is 18.2. The van der Waals surface area contributed by atoms with Gasteiger partial charge in [0.15, 0.2) is 0 Å². The molecule has 0 aliphatic heterocycles. The maximum atomic E-state index is 12.5. The van der Waals surface area contributed by atoms with Gasteiger partial charge in [-0.2, -0.15) is 0 Å². The molecule has 0 saturated carbocycles. The second kappa shape index (κ2) is 47.8. The Morgan fingerprint density at radius 2 is 0.746 bits per heavy atom. The van der Waals surface area contributed by atoms with Gasteiger partial charge in [-0.05, 0) is 44.9 Å². The SMILES string of the molecule is CC/C=C/CC/C=C/CCCC(O)C(O)C(CO)NC(=O)C(O)CCCCCCCCCCCCCCCCCCCCCCCCCCCCCCCCCCCC. The predicted octanol–water partition coefficient (Wildman–Crippen LogP) is 14.7. The van der Waals surface area contributed by atoms with Gasteiger partial charge in [0.25, 0.3) is 0 Å². The Labute approximate surface area is 367 Å². The zero-order chi connectivity index (χ0) is 43.1. The standard InChI is InChI=1S/C53H103NO5/c1-3-5-7-9-11-13-14-15-16-17-18-19-20-21-22-23-24-25-26-27-28-29-30-31-32-33-34-35-36-37-39-41-43-45-47-51(57)53(59)54-49(48-55)52(58)50(56)46-44-42-40-38-12-10-8-6-4-2/h6,8,38,40,49-52,55-58H,3-5,7,9-37,39,41-48H2,1-2H3,(H,54,59)/b8-6+,40-38+. The number of unbranched alkanes of at least 4 members (excludes halogenated alkanes) is 35. The molecule has 0 aromatic rings. The van der Waals surface area contributed by atoms with Crippen molar-refractivity contribution in [2.24, 2.45) is 0 Å². The number of carbonyl (C=O) groups is 1. The van der Waals surface area contributed by atoms with Crippen molar-refractivity contribution in [3.05, 3.63) is 24.3 Å². The number of nitrogens with one attached hydrogen (secondary N) is 1. The van der Waals surface area contributed by atoms with Crippen LogP contribution in [0, 0.1) is 0 Å². The van der Waals surface area contributed by atoms with Gasteiger partial charge in [-0.25, -0.2) is 0 Å². The Kier molecular flexibility index (Phi) is 46.9. The van der Waals surface area contributed by atoms with Crippen LogP contribution in [-0.2, 0) is 4.79 Å². The van der Waals surface area contributed by atoms with Crippen molar-refractivity contribution in [1.82, 2.24) is 5.32 Å². The fourth-order valence-corrected chi connectivity index (χ4v) is 8.31. The summed E-state index contributed by atoms with van der Waals surface area (Å²) in [5.41, 5.74) is 0. The van der Waals surface area contributed by atoms with Crippen LogP contribution in [-0.4, -0.2) is 57.3 Å². The largest absolute Gasteiger partial charge is 0.394 e. The third-order valence-corrected chi connectivity index (χ3v) is 12.4. The maximum Gasteiger partial charge on any atom is 0.249 e. The number of hydrogen-bond acceptors (Lipinski definition) is 5. The molecule has 0 bridgehead atoms. The van der Waals surface area contributed by atoms with Crippen molar-refractivity contribution in [3.8, 4) is 0 Å². The fourth-order valence-electron chi connectivity index (χ4n) is 8.31. The zero-order valence-electron chi connectivity index (χ0n) is 39.5. The monoisotopic (exact) mass is 834 g/mol. The summed E-state index contributed by atoms with van der Waals surface area (Å²) < 4.78 is 0. The summed E-state index contributed by atoms with van der Waals surface area (Å²) in [7, 11) is 0. The molecule has 0 radical (unpaired) electrons. The highest BCUT2D eigenvalue weighted by atomic mass is 16.3. The molecule has 0 heterocycles. The maximum absolute atomic E-state index is 12.5. The van der Waals surface area contributed by atoms with Gasteiger partial charge in [-0.3, -0.25) is 4.79 Å². The molecule has 1 amide bonds. The number of aliphatic hydroxyl groups excluding tert-OH is 4. The van der Waals surface area contributed by atoms with Crippen LogP contribution in [0.2, 0.25) is 0 Å². The molecule has 0 aliphatic rings. The molecule has 0 fully saturated rings. The van der Waals surface area contributed by atoms with Gasteiger partial charge in [-0.15, -0.1) is 0 Å². The van der Waals surface area contributed by atoms with Gasteiger partial charge in [0.2, 0.25) is 5.91 Å². The van der Waals surface area contributed by atoms with Crippen LogP contribution in [0.25, 0.3) is 0 Å². The highest BCUT2D eigenvalue weighted by Crippen LogP contribution is 2.18. The van der Waals surface area contributed by atoms with Crippen LogP contribution in [0.5, 0.6) is 0 Å². The van der Waals surface area contributed by atoms with Crippen molar-refractivity contribution in [2.45, 2.75) is 301 Å².